The highest BCUT2D eigenvalue weighted by Gasteiger charge is 2.10. The smallest absolute Gasteiger partial charge is 0.335 e. The van der Waals surface area contributed by atoms with E-state index in [2.05, 4.69) is 17.2 Å². The SMILES string of the molecule is CSC(C)Cn1nnc2cc(C(=O)O)ccc21. The maximum atomic E-state index is 10.8. The number of nitrogens with zero attached hydrogens (tertiary/aromatic N) is 3. The number of rotatable bonds is 4. The lowest BCUT2D eigenvalue weighted by Crippen LogP contribution is -2.10. The van der Waals surface area contributed by atoms with E-state index < -0.39 is 5.97 Å². The predicted octanol–water partition coefficient (Wildman–Crippen LogP) is 1.88. The van der Waals surface area contributed by atoms with E-state index in [1.54, 1.807) is 30.0 Å². The van der Waals surface area contributed by atoms with Crippen LogP contribution in [0.2, 0.25) is 0 Å². The molecule has 1 unspecified atom stereocenters. The van der Waals surface area contributed by atoms with Gasteiger partial charge in [0.15, 0.2) is 0 Å². The van der Waals surface area contributed by atoms with Gasteiger partial charge in [-0.25, -0.2) is 9.48 Å². The number of benzene rings is 1. The molecule has 6 heteroatoms. The second-order valence-corrected chi connectivity index (χ2v) is 5.10. The molecule has 0 aliphatic carbocycles. The minimum atomic E-state index is -0.945. The first kappa shape index (κ1) is 11.9. The van der Waals surface area contributed by atoms with Crippen molar-refractivity contribution in [1.82, 2.24) is 15.0 Å². The van der Waals surface area contributed by atoms with Gasteiger partial charge in [0.2, 0.25) is 0 Å². The summed E-state index contributed by atoms with van der Waals surface area (Å²) in [4.78, 5) is 10.8. The number of aromatic nitrogens is 3. The van der Waals surface area contributed by atoms with Gasteiger partial charge in [-0.2, -0.15) is 11.8 Å². The summed E-state index contributed by atoms with van der Waals surface area (Å²) in [6.07, 6.45) is 2.05. The Kier molecular flexibility index (Phi) is 3.33. The van der Waals surface area contributed by atoms with E-state index in [0.29, 0.717) is 10.8 Å². The van der Waals surface area contributed by atoms with Gasteiger partial charge >= 0.3 is 5.97 Å². The average molecular weight is 251 g/mol. The molecule has 0 radical (unpaired) electrons. The van der Waals surface area contributed by atoms with Gasteiger partial charge in [-0.3, -0.25) is 0 Å². The molecule has 1 aromatic heterocycles. The van der Waals surface area contributed by atoms with Crippen molar-refractivity contribution in [2.75, 3.05) is 6.26 Å². The molecule has 0 fully saturated rings. The Labute approximate surface area is 103 Å². The Balaban J connectivity index is 2.38. The molecule has 5 nitrogen and oxygen atoms in total. The standard InChI is InChI=1S/C11H13N3O2S/c1-7(17-2)6-14-10-4-3-8(11(15)16)5-9(10)12-13-14/h3-5,7H,6H2,1-2H3,(H,15,16). The Morgan fingerprint density at radius 2 is 2.35 bits per heavy atom. The minimum Gasteiger partial charge on any atom is -0.478 e. The molecule has 0 saturated carbocycles. The fraction of sp³-hybridized carbons (Fsp3) is 0.364. The Hall–Kier alpha value is -1.56. The second-order valence-electron chi connectivity index (χ2n) is 3.83. The van der Waals surface area contributed by atoms with E-state index >= 15 is 0 Å². The lowest BCUT2D eigenvalue weighted by atomic mass is 10.2. The molecule has 0 aliphatic heterocycles. The highest BCUT2D eigenvalue weighted by molar-refractivity contribution is 7.99. The lowest BCUT2D eigenvalue weighted by molar-refractivity contribution is 0.0697. The van der Waals surface area contributed by atoms with E-state index in [0.717, 1.165) is 12.1 Å². The zero-order valence-corrected chi connectivity index (χ0v) is 10.4. The highest BCUT2D eigenvalue weighted by atomic mass is 32.2. The first-order chi connectivity index (χ1) is 8.11. The summed E-state index contributed by atoms with van der Waals surface area (Å²) in [5.74, 6) is -0.945. The summed E-state index contributed by atoms with van der Waals surface area (Å²) in [5, 5.41) is 17.4. The number of aromatic carboxylic acids is 1. The fourth-order valence-electron chi connectivity index (χ4n) is 1.56. The molecule has 1 atom stereocenters. The van der Waals surface area contributed by atoms with Crippen LogP contribution in [-0.4, -0.2) is 37.6 Å². The van der Waals surface area contributed by atoms with Crippen LogP contribution in [-0.2, 0) is 6.54 Å². The number of thioether (sulfide) groups is 1. The fourth-order valence-corrected chi connectivity index (χ4v) is 1.85. The molecule has 0 amide bonds. The van der Waals surface area contributed by atoms with Crippen molar-refractivity contribution in [2.45, 2.75) is 18.7 Å². The average Bonchev–Trinajstić information content (AvgIpc) is 2.71. The maximum absolute atomic E-state index is 10.8. The molecule has 90 valence electrons. The summed E-state index contributed by atoms with van der Waals surface area (Å²) >= 11 is 1.76. The zero-order valence-electron chi connectivity index (χ0n) is 9.62. The van der Waals surface area contributed by atoms with E-state index in [1.807, 2.05) is 10.9 Å². The first-order valence-corrected chi connectivity index (χ1v) is 6.50. The molecule has 0 spiro atoms. The van der Waals surface area contributed by atoms with E-state index in [1.165, 1.54) is 0 Å². The van der Waals surface area contributed by atoms with Gasteiger partial charge in [-0.05, 0) is 24.5 Å². The maximum Gasteiger partial charge on any atom is 0.335 e. The summed E-state index contributed by atoms with van der Waals surface area (Å²) < 4.78 is 1.81. The largest absolute Gasteiger partial charge is 0.478 e. The van der Waals surface area contributed by atoms with Crippen LogP contribution in [0.4, 0.5) is 0 Å². The van der Waals surface area contributed by atoms with E-state index in [9.17, 15) is 4.79 Å². The monoisotopic (exact) mass is 251 g/mol. The van der Waals surface area contributed by atoms with Crippen LogP contribution in [0.25, 0.3) is 11.0 Å². The molecule has 1 N–H and O–H groups in total. The number of carboxylic acid groups (broad SMARTS) is 1. The molecule has 17 heavy (non-hydrogen) atoms. The normalized spacial score (nSPS) is 12.8. The molecule has 0 bridgehead atoms. The lowest BCUT2D eigenvalue weighted by Gasteiger charge is -2.07. The van der Waals surface area contributed by atoms with Crippen molar-refractivity contribution in [1.29, 1.82) is 0 Å². The van der Waals surface area contributed by atoms with Crippen LogP contribution in [0.1, 0.15) is 17.3 Å². The van der Waals surface area contributed by atoms with Crippen LogP contribution in [0.5, 0.6) is 0 Å². The third-order valence-electron chi connectivity index (χ3n) is 2.59. The summed E-state index contributed by atoms with van der Waals surface area (Å²) in [6, 6.07) is 4.88. The molecule has 2 rings (SSSR count). The van der Waals surface area contributed by atoms with Crippen LogP contribution < -0.4 is 0 Å². The van der Waals surface area contributed by atoms with Crippen molar-refractivity contribution < 1.29 is 9.90 Å². The first-order valence-electron chi connectivity index (χ1n) is 5.21. The quantitative estimate of drug-likeness (QED) is 0.898. The molecule has 1 aromatic carbocycles. The highest BCUT2D eigenvalue weighted by Crippen LogP contribution is 2.16. The van der Waals surface area contributed by atoms with Gasteiger partial charge in [-0.15, -0.1) is 5.10 Å². The van der Waals surface area contributed by atoms with Gasteiger partial charge < -0.3 is 5.11 Å². The number of hydrogen-bond donors (Lipinski definition) is 1. The Morgan fingerprint density at radius 3 is 3.00 bits per heavy atom. The molecule has 0 aliphatic rings. The number of carbonyl (C=O) groups is 1. The van der Waals surface area contributed by atoms with Crippen molar-refractivity contribution in [3.05, 3.63) is 23.8 Å². The number of hydrogen-bond acceptors (Lipinski definition) is 4. The van der Waals surface area contributed by atoms with Crippen LogP contribution in [0, 0.1) is 0 Å². The molecular weight excluding hydrogens is 238 g/mol. The Bertz CT molecular complexity index is 553. The third-order valence-corrected chi connectivity index (χ3v) is 3.55. The number of carboxylic acids is 1. The van der Waals surface area contributed by atoms with Gasteiger partial charge in [0.1, 0.15) is 5.52 Å². The Morgan fingerprint density at radius 1 is 1.59 bits per heavy atom. The predicted molar refractivity (Wildman–Crippen MR) is 67.5 cm³/mol. The van der Waals surface area contributed by atoms with E-state index in [4.69, 9.17) is 5.11 Å². The van der Waals surface area contributed by atoms with Gasteiger partial charge in [0, 0.05) is 5.25 Å². The third kappa shape index (κ3) is 2.41. The summed E-state index contributed by atoms with van der Waals surface area (Å²) in [7, 11) is 0. The van der Waals surface area contributed by atoms with Crippen LogP contribution in [0.3, 0.4) is 0 Å². The minimum absolute atomic E-state index is 0.238. The molecular formula is C11H13N3O2S. The molecule has 2 aromatic rings. The second kappa shape index (κ2) is 4.75. The van der Waals surface area contributed by atoms with Crippen molar-refractivity contribution in [3.63, 3.8) is 0 Å². The van der Waals surface area contributed by atoms with Crippen molar-refractivity contribution >= 4 is 28.8 Å². The van der Waals surface area contributed by atoms with Gasteiger partial charge in [0.25, 0.3) is 0 Å². The summed E-state index contributed by atoms with van der Waals surface area (Å²) in [5.41, 5.74) is 1.73. The van der Waals surface area contributed by atoms with Gasteiger partial charge in [-0.1, -0.05) is 12.1 Å². The summed E-state index contributed by atoms with van der Waals surface area (Å²) in [6.45, 7) is 2.88. The van der Waals surface area contributed by atoms with Crippen molar-refractivity contribution in [3.8, 4) is 0 Å². The topological polar surface area (TPSA) is 68.0 Å². The van der Waals surface area contributed by atoms with Crippen molar-refractivity contribution in [2.24, 2.45) is 0 Å². The zero-order chi connectivity index (χ0) is 12.4. The number of fused-ring (bicyclic) bond motifs is 1. The van der Waals surface area contributed by atoms with Crippen LogP contribution >= 0.6 is 11.8 Å². The van der Waals surface area contributed by atoms with Crippen LogP contribution in [0.15, 0.2) is 18.2 Å². The molecule has 1 heterocycles. The van der Waals surface area contributed by atoms with Gasteiger partial charge in [0.05, 0.1) is 17.6 Å². The van der Waals surface area contributed by atoms with E-state index in [-0.39, 0.29) is 5.56 Å². The molecule has 0 saturated heterocycles.